The Morgan fingerprint density at radius 1 is 1.15 bits per heavy atom. The predicted octanol–water partition coefficient (Wildman–Crippen LogP) is 4.24. The standard InChI is InChI=1S/C21H32N2O2.ClH/c1-14(2)13-25-20-8-4-17(5-9-20)15(3)22-21(24)12-16-10-18-6-7-19(11-16)23-18;/h4-5,8-9,14-16,18-19,23H,6-7,10-13H2,1-3H3,(H,22,24);1H. The lowest BCUT2D eigenvalue weighted by atomic mass is 9.89. The van der Waals surface area contributed by atoms with Crippen molar-refractivity contribution in [2.75, 3.05) is 6.61 Å². The van der Waals surface area contributed by atoms with Gasteiger partial charge in [0.05, 0.1) is 12.6 Å². The quantitative estimate of drug-likeness (QED) is 0.743. The molecule has 4 nitrogen and oxygen atoms in total. The fraction of sp³-hybridized carbons (Fsp3) is 0.667. The van der Waals surface area contributed by atoms with Gasteiger partial charge in [0, 0.05) is 18.5 Å². The van der Waals surface area contributed by atoms with E-state index in [4.69, 9.17) is 4.74 Å². The number of halogens is 1. The zero-order valence-corrected chi connectivity index (χ0v) is 17.0. The largest absolute Gasteiger partial charge is 0.493 e. The third-order valence-corrected chi connectivity index (χ3v) is 5.39. The Morgan fingerprint density at radius 3 is 2.35 bits per heavy atom. The average molecular weight is 381 g/mol. The van der Waals surface area contributed by atoms with Crippen LogP contribution in [-0.2, 0) is 4.79 Å². The van der Waals surface area contributed by atoms with Crippen LogP contribution in [0.15, 0.2) is 24.3 Å². The van der Waals surface area contributed by atoms with Crippen LogP contribution in [0.25, 0.3) is 0 Å². The van der Waals surface area contributed by atoms with Gasteiger partial charge < -0.3 is 15.4 Å². The number of carbonyl (C=O) groups excluding carboxylic acids is 1. The Bertz CT molecular complexity index is 564. The number of benzene rings is 1. The molecule has 3 rings (SSSR count). The monoisotopic (exact) mass is 380 g/mol. The van der Waals surface area contributed by atoms with Crippen molar-refractivity contribution >= 4 is 18.3 Å². The van der Waals surface area contributed by atoms with Crippen molar-refractivity contribution in [3.63, 3.8) is 0 Å². The summed E-state index contributed by atoms with van der Waals surface area (Å²) in [4.78, 5) is 12.4. The van der Waals surface area contributed by atoms with E-state index >= 15 is 0 Å². The van der Waals surface area contributed by atoms with Crippen molar-refractivity contribution in [3.8, 4) is 5.75 Å². The molecule has 2 aliphatic rings. The van der Waals surface area contributed by atoms with E-state index in [0.29, 0.717) is 30.3 Å². The third-order valence-electron chi connectivity index (χ3n) is 5.39. The van der Waals surface area contributed by atoms with Gasteiger partial charge in [0.1, 0.15) is 5.75 Å². The molecule has 3 unspecified atom stereocenters. The number of hydrogen-bond acceptors (Lipinski definition) is 3. The number of fused-ring (bicyclic) bond motifs is 2. The van der Waals surface area contributed by atoms with Gasteiger partial charge in [-0.3, -0.25) is 4.79 Å². The van der Waals surface area contributed by atoms with Gasteiger partial charge >= 0.3 is 0 Å². The highest BCUT2D eigenvalue weighted by molar-refractivity contribution is 5.85. The fourth-order valence-electron chi connectivity index (χ4n) is 4.10. The van der Waals surface area contributed by atoms with Gasteiger partial charge in [-0.15, -0.1) is 12.4 Å². The second-order valence-corrected chi connectivity index (χ2v) is 8.24. The number of piperidine rings is 1. The summed E-state index contributed by atoms with van der Waals surface area (Å²) in [6, 6.07) is 9.40. The van der Waals surface area contributed by atoms with Crippen LogP contribution in [-0.4, -0.2) is 24.6 Å². The highest BCUT2D eigenvalue weighted by Gasteiger charge is 2.34. The zero-order chi connectivity index (χ0) is 17.8. The van der Waals surface area contributed by atoms with E-state index in [9.17, 15) is 4.79 Å². The van der Waals surface area contributed by atoms with Crippen LogP contribution in [0, 0.1) is 11.8 Å². The van der Waals surface area contributed by atoms with Gasteiger partial charge in [-0.05, 0) is 62.1 Å². The first kappa shape index (κ1) is 21.0. The first-order chi connectivity index (χ1) is 12.0. The van der Waals surface area contributed by atoms with E-state index in [1.54, 1.807) is 0 Å². The van der Waals surface area contributed by atoms with Gasteiger partial charge in [0.25, 0.3) is 0 Å². The molecule has 1 aromatic carbocycles. The number of amides is 1. The fourth-order valence-corrected chi connectivity index (χ4v) is 4.10. The molecule has 0 radical (unpaired) electrons. The van der Waals surface area contributed by atoms with Gasteiger partial charge in [0.2, 0.25) is 5.91 Å². The van der Waals surface area contributed by atoms with Crippen molar-refractivity contribution in [2.24, 2.45) is 11.8 Å². The lowest BCUT2D eigenvalue weighted by molar-refractivity contribution is -0.122. The van der Waals surface area contributed by atoms with E-state index in [-0.39, 0.29) is 24.4 Å². The summed E-state index contributed by atoms with van der Waals surface area (Å²) in [5, 5.41) is 6.80. The molecule has 2 aliphatic heterocycles. The molecule has 1 aromatic rings. The van der Waals surface area contributed by atoms with E-state index in [0.717, 1.165) is 30.8 Å². The van der Waals surface area contributed by atoms with Crippen LogP contribution in [0.2, 0.25) is 0 Å². The minimum Gasteiger partial charge on any atom is -0.493 e. The molecule has 2 saturated heterocycles. The highest BCUT2D eigenvalue weighted by atomic mass is 35.5. The second kappa shape index (κ2) is 9.61. The molecular formula is C21H33ClN2O2. The van der Waals surface area contributed by atoms with E-state index in [1.165, 1.54) is 12.8 Å². The first-order valence-corrected chi connectivity index (χ1v) is 9.77. The molecule has 2 heterocycles. The van der Waals surface area contributed by atoms with Crippen LogP contribution in [0.3, 0.4) is 0 Å². The van der Waals surface area contributed by atoms with Crippen LogP contribution < -0.4 is 15.4 Å². The molecule has 0 saturated carbocycles. The third kappa shape index (κ3) is 5.88. The Balaban J connectivity index is 0.00000243. The number of ether oxygens (including phenoxy) is 1. The SMILES string of the molecule is CC(C)COc1ccc(C(C)NC(=O)CC2CC3CCC(C2)N3)cc1.Cl. The molecule has 1 amide bonds. The molecule has 0 aliphatic carbocycles. The van der Waals surface area contributed by atoms with Crippen molar-refractivity contribution in [3.05, 3.63) is 29.8 Å². The Hall–Kier alpha value is -1.26. The van der Waals surface area contributed by atoms with Gasteiger partial charge in [-0.1, -0.05) is 26.0 Å². The molecule has 2 N–H and O–H groups in total. The van der Waals surface area contributed by atoms with Gasteiger partial charge in [-0.25, -0.2) is 0 Å². The molecule has 26 heavy (non-hydrogen) atoms. The Kier molecular flexibility index (Phi) is 7.78. The van der Waals surface area contributed by atoms with Crippen LogP contribution in [0.5, 0.6) is 5.75 Å². The molecular weight excluding hydrogens is 348 g/mol. The number of hydrogen-bond donors (Lipinski definition) is 2. The minimum atomic E-state index is 0. The molecule has 5 heteroatoms. The maximum atomic E-state index is 12.4. The van der Waals surface area contributed by atoms with E-state index in [2.05, 4.69) is 24.5 Å². The Morgan fingerprint density at radius 2 is 1.77 bits per heavy atom. The smallest absolute Gasteiger partial charge is 0.220 e. The van der Waals surface area contributed by atoms with Gasteiger partial charge in [0.15, 0.2) is 0 Å². The number of carbonyl (C=O) groups is 1. The molecule has 2 fully saturated rings. The lowest BCUT2D eigenvalue weighted by Gasteiger charge is -2.29. The predicted molar refractivity (Wildman–Crippen MR) is 108 cm³/mol. The minimum absolute atomic E-state index is 0. The average Bonchev–Trinajstić information content (AvgIpc) is 2.91. The summed E-state index contributed by atoms with van der Waals surface area (Å²) in [5.41, 5.74) is 1.12. The van der Waals surface area contributed by atoms with Crippen molar-refractivity contribution in [2.45, 2.75) is 71.0 Å². The molecule has 0 aromatic heterocycles. The molecule has 146 valence electrons. The summed E-state index contributed by atoms with van der Waals surface area (Å²) >= 11 is 0. The second-order valence-electron chi connectivity index (χ2n) is 8.24. The van der Waals surface area contributed by atoms with Gasteiger partial charge in [-0.2, -0.15) is 0 Å². The van der Waals surface area contributed by atoms with Crippen LogP contribution >= 0.6 is 12.4 Å². The zero-order valence-electron chi connectivity index (χ0n) is 16.2. The summed E-state index contributed by atoms with van der Waals surface area (Å²) in [6.45, 7) is 7.05. The van der Waals surface area contributed by atoms with E-state index < -0.39 is 0 Å². The summed E-state index contributed by atoms with van der Waals surface area (Å²) in [6.07, 6.45) is 5.53. The van der Waals surface area contributed by atoms with Crippen LogP contribution in [0.1, 0.15) is 64.5 Å². The summed E-state index contributed by atoms with van der Waals surface area (Å²) in [7, 11) is 0. The van der Waals surface area contributed by atoms with Crippen molar-refractivity contribution in [1.82, 2.24) is 10.6 Å². The maximum Gasteiger partial charge on any atom is 0.220 e. The van der Waals surface area contributed by atoms with E-state index in [1.807, 2.05) is 31.2 Å². The molecule has 0 spiro atoms. The number of rotatable bonds is 7. The summed E-state index contributed by atoms with van der Waals surface area (Å²) in [5.74, 6) is 2.13. The lowest BCUT2D eigenvalue weighted by Crippen LogP contribution is -2.40. The highest BCUT2D eigenvalue weighted by Crippen LogP contribution is 2.32. The topological polar surface area (TPSA) is 50.4 Å². The maximum absolute atomic E-state index is 12.4. The summed E-state index contributed by atoms with van der Waals surface area (Å²) < 4.78 is 5.72. The molecule has 2 bridgehead atoms. The van der Waals surface area contributed by atoms with Crippen molar-refractivity contribution in [1.29, 1.82) is 0 Å². The normalized spacial score (nSPS) is 25.5. The number of nitrogens with one attached hydrogen (secondary N) is 2. The van der Waals surface area contributed by atoms with Crippen LogP contribution in [0.4, 0.5) is 0 Å². The van der Waals surface area contributed by atoms with Crippen molar-refractivity contribution < 1.29 is 9.53 Å². The molecule has 3 atom stereocenters. The Labute approximate surface area is 163 Å². The first-order valence-electron chi connectivity index (χ1n) is 9.77.